The predicted octanol–water partition coefficient (Wildman–Crippen LogP) is 0.752. The Labute approximate surface area is 54.0 Å². The molecule has 2 nitrogen and oxygen atoms in total. The van der Waals surface area contributed by atoms with Gasteiger partial charge < -0.3 is 4.79 Å². The molecule has 0 N–H and O–H groups in total. The van der Waals surface area contributed by atoms with Crippen LogP contribution < -0.4 is 0 Å². The van der Waals surface area contributed by atoms with Gasteiger partial charge in [0, 0.05) is 6.42 Å². The van der Waals surface area contributed by atoms with Gasteiger partial charge in [-0.3, -0.25) is 4.79 Å². The number of rotatable bonds is 3. The number of hydrogen-bond donors (Lipinski definition) is 0. The first-order valence-electron chi connectivity index (χ1n) is 1.95. The van der Waals surface area contributed by atoms with Crippen LogP contribution in [0.25, 0.3) is 0 Å². The average molecular weight is 135 g/mol. The second kappa shape index (κ2) is 9.62. The van der Waals surface area contributed by atoms with E-state index in [0.29, 0.717) is 12.7 Å². The molecule has 0 bridgehead atoms. The van der Waals surface area contributed by atoms with Crippen LogP contribution in [-0.2, 0) is 9.59 Å². The maximum absolute atomic E-state index is 9.51. The molecule has 0 aromatic carbocycles. The maximum atomic E-state index is 9.51. The Kier molecular flexibility index (Phi) is 12.5. The van der Waals surface area contributed by atoms with Crippen LogP contribution in [0.5, 0.6) is 0 Å². The lowest BCUT2D eigenvalue weighted by Crippen LogP contribution is -1.65. The highest BCUT2D eigenvalue weighted by molar-refractivity contribution is 5.85. The number of aldehydes is 2. The Hall–Kier alpha value is -0.630. The fraction of sp³-hybridized carbons (Fsp3) is 0.200. The van der Waals surface area contributed by atoms with E-state index in [1.165, 1.54) is 12.2 Å². The van der Waals surface area contributed by atoms with E-state index in [2.05, 4.69) is 0 Å². The molecule has 0 heterocycles. The second-order valence-electron chi connectivity index (χ2n) is 0.967. The van der Waals surface area contributed by atoms with E-state index in [1.54, 1.807) is 0 Å². The predicted molar refractivity (Wildman–Crippen MR) is 33.1 cm³/mol. The van der Waals surface area contributed by atoms with Gasteiger partial charge in [0.2, 0.25) is 0 Å². The molecule has 0 unspecified atom stereocenters. The molecule has 0 aliphatic carbocycles. The second-order valence-corrected chi connectivity index (χ2v) is 0.967. The van der Waals surface area contributed by atoms with Crippen molar-refractivity contribution in [2.45, 2.75) is 6.42 Å². The zero-order valence-electron chi connectivity index (χ0n) is 4.24. The van der Waals surface area contributed by atoms with Crippen LogP contribution in [0.1, 0.15) is 6.42 Å². The van der Waals surface area contributed by atoms with Gasteiger partial charge >= 0.3 is 0 Å². The van der Waals surface area contributed by atoms with Gasteiger partial charge in [-0.25, -0.2) is 0 Å². The third-order valence-corrected chi connectivity index (χ3v) is 0.447. The SMILES string of the molecule is Cl.O=CC=CCC=O. The van der Waals surface area contributed by atoms with Gasteiger partial charge in [0.1, 0.15) is 12.6 Å². The number of hydrogen-bond acceptors (Lipinski definition) is 2. The van der Waals surface area contributed by atoms with E-state index in [4.69, 9.17) is 0 Å². The molecule has 0 aromatic heterocycles. The zero-order valence-corrected chi connectivity index (χ0v) is 5.06. The molecule has 0 atom stereocenters. The van der Waals surface area contributed by atoms with Crippen LogP contribution in [-0.4, -0.2) is 12.6 Å². The molecule has 8 heavy (non-hydrogen) atoms. The van der Waals surface area contributed by atoms with Crippen LogP contribution in [0.15, 0.2) is 12.2 Å². The third kappa shape index (κ3) is 9.03. The molecule has 0 aromatic rings. The molecular formula is C5H7ClO2. The molecule has 0 saturated heterocycles. The van der Waals surface area contributed by atoms with Gasteiger partial charge in [-0.2, -0.15) is 0 Å². The van der Waals surface area contributed by atoms with Crippen LogP contribution in [0.4, 0.5) is 0 Å². The minimum atomic E-state index is 0. The minimum absolute atomic E-state index is 0. The fourth-order valence-electron chi connectivity index (χ4n) is 0.190. The molecular weight excluding hydrogens is 128 g/mol. The van der Waals surface area contributed by atoms with Crippen molar-refractivity contribution in [3.05, 3.63) is 12.2 Å². The summed E-state index contributed by atoms with van der Waals surface area (Å²) < 4.78 is 0. The maximum Gasteiger partial charge on any atom is 0.142 e. The molecule has 0 aliphatic heterocycles. The highest BCUT2D eigenvalue weighted by Gasteiger charge is 1.66. The number of carbonyl (C=O) groups excluding carboxylic acids is 2. The van der Waals surface area contributed by atoms with E-state index in [-0.39, 0.29) is 12.4 Å². The van der Waals surface area contributed by atoms with Crippen molar-refractivity contribution in [1.82, 2.24) is 0 Å². The number of carbonyl (C=O) groups is 2. The highest BCUT2D eigenvalue weighted by atomic mass is 35.5. The average Bonchev–Trinajstić information content (AvgIpc) is 1.69. The Morgan fingerprint density at radius 2 is 1.88 bits per heavy atom. The minimum Gasteiger partial charge on any atom is -0.303 e. The summed E-state index contributed by atoms with van der Waals surface area (Å²) in [5.41, 5.74) is 0. The van der Waals surface area contributed by atoms with Gasteiger partial charge in [0.05, 0.1) is 0 Å². The zero-order chi connectivity index (χ0) is 5.54. The number of halogens is 1. The normalized spacial score (nSPS) is 8.00. The van der Waals surface area contributed by atoms with Crippen molar-refractivity contribution < 1.29 is 9.59 Å². The molecule has 0 spiro atoms. The quantitative estimate of drug-likeness (QED) is 0.422. The molecule has 0 rings (SSSR count). The summed E-state index contributed by atoms with van der Waals surface area (Å²) in [4.78, 5) is 19.0. The van der Waals surface area contributed by atoms with Gasteiger partial charge in [0.15, 0.2) is 0 Å². The summed E-state index contributed by atoms with van der Waals surface area (Å²) in [7, 11) is 0. The lowest BCUT2D eigenvalue weighted by molar-refractivity contribution is -0.107. The Bertz CT molecular complexity index is 88.4. The van der Waals surface area contributed by atoms with E-state index in [0.717, 1.165) is 6.29 Å². The van der Waals surface area contributed by atoms with Crippen molar-refractivity contribution in [2.24, 2.45) is 0 Å². The summed E-state index contributed by atoms with van der Waals surface area (Å²) in [6, 6.07) is 0. The Morgan fingerprint density at radius 1 is 1.25 bits per heavy atom. The first-order chi connectivity index (χ1) is 3.41. The summed E-state index contributed by atoms with van der Waals surface area (Å²) in [6.45, 7) is 0. The number of allylic oxidation sites excluding steroid dienone is 2. The molecule has 0 fully saturated rings. The smallest absolute Gasteiger partial charge is 0.142 e. The summed E-state index contributed by atoms with van der Waals surface area (Å²) in [5.74, 6) is 0. The van der Waals surface area contributed by atoms with Crippen LogP contribution >= 0.6 is 12.4 Å². The molecule has 46 valence electrons. The van der Waals surface area contributed by atoms with E-state index in [1.807, 2.05) is 0 Å². The lowest BCUT2D eigenvalue weighted by Gasteiger charge is -1.65. The molecule has 0 radical (unpaired) electrons. The van der Waals surface area contributed by atoms with Gasteiger partial charge in [-0.05, 0) is 6.08 Å². The van der Waals surface area contributed by atoms with Crippen molar-refractivity contribution in [3.63, 3.8) is 0 Å². The van der Waals surface area contributed by atoms with Crippen LogP contribution in [0.3, 0.4) is 0 Å². The largest absolute Gasteiger partial charge is 0.303 e. The highest BCUT2D eigenvalue weighted by Crippen LogP contribution is 1.70. The van der Waals surface area contributed by atoms with Crippen LogP contribution in [0, 0.1) is 0 Å². The summed E-state index contributed by atoms with van der Waals surface area (Å²) in [6.07, 6.45) is 4.51. The van der Waals surface area contributed by atoms with Gasteiger partial charge in [0.25, 0.3) is 0 Å². The van der Waals surface area contributed by atoms with Crippen LogP contribution in [0.2, 0.25) is 0 Å². The van der Waals surface area contributed by atoms with Crippen molar-refractivity contribution >= 4 is 25.0 Å². The van der Waals surface area contributed by atoms with E-state index >= 15 is 0 Å². The lowest BCUT2D eigenvalue weighted by atomic mass is 10.4. The molecule has 0 amide bonds. The molecule has 0 saturated carbocycles. The van der Waals surface area contributed by atoms with Crippen molar-refractivity contribution in [3.8, 4) is 0 Å². The topological polar surface area (TPSA) is 34.1 Å². The standard InChI is InChI=1S/C5H6O2.ClH/c6-4-2-1-3-5-7;/h1-2,4-5H,3H2;1H. The van der Waals surface area contributed by atoms with Gasteiger partial charge in [-0.15, -0.1) is 12.4 Å². The Balaban J connectivity index is 0. The first-order valence-corrected chi connectivity index (χ1v) is 1.95. The van der Waals surface area contributed by atoms with E-state index in [9.17, 15) is 9.59 Å². The fourth-order valence-corrected chi connectivity index (χ4v) is 0.190. The summed E-state index contributed by atoms with van der Waals surface area (Å²) in [5, 5.41) is 0. The van der Waals surface area contributed by atoms with E-state index < -0.39 is 0 Å². The monoisotopic (exact) mass is 134 g/mol. The summed E-state index contributed by atoms with van der Waals surface area (Å²) >= 11 is 0. The van der Waals surface area contributed by atoms with Crippen molar-refractivity contribution in [1.29, 1.82) is 0 Å². The third-order valence-electron chi connectivity index (χ3n) is 0.447. The molecule has 3 heteroatoms. The van der Waals surface area contributed by atoms with Crippen molar-refractivity contribution in [2.75, 3.05) is 0 Å². The Morgan fingerprint density at radius 3 is 2.25 bits per heavy atom. The first kappa shape index (κ1) is 10.4. The van der Waals surface area contributed by atoms with Gasteiger partial charge in [-0.1, -0.05) is 6.08 Å². The molecule has 0 aliphatic rings.